The third-order valence-corrected chi connectivity index (χ3v) is 3.18. The summed E-state index contributed by atoms with van der Waals surface area (Å²) in [5.41, 5.74) is 1.75. The monoisotopic (exact) mass is 277 g/mol. The Labute approximate surface area is 120 Å². The van der Waals surface area contributed by atoms with Crippen LogP contribution in [0.1, 0.15) is 38.3 Å². The van der Waals surface area contributed by atoms with Crippen LogP contribution >= 0.6 is 0 Å². The van der Waals surface area contributed by atoms with E-state index in [9.17, 15) is 9.59 Å². The van der Waals surface area contributed by atoms with E-state index < -0.39 is 17.4 Å². The van der Waals surface area contributed by atoms with Gasteiger partial charge in [0.25, 0.3) is 0 Å². The maximum Gasteiger partial charge on any atom is 0.326 e. The van der Waals surface area contributed by atoms with Gasteiger partial charge in [0.2, 0.25) is 5.91 Å². The van der Waals surface area contributed by atoms with E-state index in [1.165, 1.54) is 5.56 Å². The van der Waals surface area contributed by atoms with Crippen molar-refractivity contribution in [3.8, 4) is 0 Å². The minimum Gasteiger partial charge on any atom is -0.480 e. The molecule has 0 spiro atoms. The second kappa shape index (κ2) is 6.55. The zero-order valence-electron chi connectivity index (χ0n) is 12.6. The van der Waals surface area contributed by atoms with Gasteiger partial charge in [-0.1, -0.05) is 50.6 Å². The van der Waals surface area contributed by atoms with E-state index in [-0.39, 0.29) is 5.91 Å². The fraction of sp³-hybridized carbons (Fsp3) is 0.500. The van der Waals surface area contributed by atoms with Crippen molar-refractivity contribution in [2.45, 2.75) is 46.6 Å². The number of nitrogens with one attached hydrogen (secondary N) is 1. The molecule has 20 heavy (non-hydrogen) atoms. The van der Waals surface area contributed by atoms with Gasteiger partial charge in [-0.3, -0.25) is 4.79 Å². The summed E-state index contributed by atoms with van der Waals surface area (Å²) in [5, 5.41) is 11.8. The molecule has 0 bridgehead atoms. The van der Waals surface area contributed by atoms with Gasteiger partial charge in [-0.05, 0) is 24.3 Å². The molecule has 0 heterocycles. The van der Waals surface area contributed by atoms with Gasteiger partial charge in [0, 0.05) is 6.42 Å². The summed E-state index contributed by atoms with van der Waals surface area (Å²) < 4.78 is 0. The SMILES string of the molecule is Cc1ccc(CCC(=O)N[C@H](C(=O)O)C(C)(C)C)cc1. The standard InChI is InChI=1S/C16H23NO3/c1-11-5-7-12(8-6-11)9-10-13(18)17-14(15(19)20)16(2,3)4/h5-8,14H,9-10H2,1-4H3,(H,17,18)(H,19,20)/t14-/m1/s1. The van der Waals surface area contributed by atoms with Gasteiger partial charge in [0.1, 0.15) is 6.04 Å². The van der Waals surface area contributed by atoms with Crippen LogP contribution < -0.4 is 5.32 Å². The Morgan fingerprint density at radius 3 is 2.20 bits per heavy atom. The molecule has 0 saturated heterocycles. The third-order valence-electron chi connectivity index (χ3n) is 3.18. The average molecular weight is 277 g/mol. The Morgan fingerprint density at radius 2 is 1.75 bits per heavy atom. The number of aliphatic carboxylic acids is 1. The second-order valence-electron chi connectivity index (χ2n) is 6.19. The minimum absolute atomic E-state index is 0.229. The number of benzene rings is 1. The number of hydrogen-bond acceptors (Lipinski definition) is 2. The second-order valence-corrected chi connectivity index (χ2v) is 6.19. The molecule has 0 aliphatic heterocycles. The lowest BCUT2D eigenvalue weighted by Gasteiger charge is -2.27. The first-order valence-electron chi connectivity index (χ1n) is 6.78. The Kier molecular flexibility index (Phi) is 5.31. The van der Waals surface area contributed by atoms with Crippen molar-refractivity contribution in [3.05, 3.63) is 35.4 Å². The highest BCUT2D eigenvalue weighted by Crippen LogP contribution is 2.19. The van der Waals surface area contributed by atoms with Crippen LogP contribution in [0.25, 0.3) is 0 Å². The quantitative estimate of drug-likeness (QED) is 0.869. The first kappa shape index (κ1) is 16.2. The number of carboxylic acid groups (broad SMARTS) is 1. The molecule has 0 aliphatic rings. The molecule has 0 radical (unpaired) electrons. The predicted octanol–water partition coefficient (Wildman–Crippen LogP) is 2.54. The van der Waals surface area contributed by atoms with Crippen molar-refractivity contribution in [3.63, 3.8) is 0 Å². The van der Waals surface area contributed by atoms with Gasteiger partial charge in [0.05, 0.1) is 0 Å². The molecule has 0 unspecified atom stereocenters. The van der Waals surface area contributed by atoms with Crippen molar-refractivity contribution in [2.24, 2.45) is 5.41 Å². The van der Waals surface area contributed by atoms with Crippen molar-refractivity contribution < 1.29 is 14.7 Å². The molecule has 1 atom stereocenters. The molecule has 4 nitrogen and oxygen atoms in total. The average Bonchev–Trinajstić information content (AvgIpc) is 2.33. The van der Waals surface area contributed by atoms with Crippen molar-refractivity contribution in [2.75, 3.05) is 0 Å². The summed E-state index contributed by atoms with van der Waals surface area (Å²) >= 11 is 0. The molecular weight excluding hydrogens is 254 g/mol. The van der Waals surface area contributed by atoms with E-state index >= 15 is 0 Å². The highest BCUT2D eigenvalue weighted by molar-refractivity contribution is 5.84. The predicted molar refractivity (Wildman–Crippen MR) is 78.5 cm³/mol. The highest BCUT2D eigenvalue weighted by Gasteiger charge is 2.32. The molecule has 0 aliphatic carbocycles. The summed E-state index contributed by atoms with van der Waals surface area (Å²) in [6.45, 7) is 7.40. The fourth-order valence-electron chi connectivity index (χ4n) is 1.89. The summed E-state index contributed by atoms with van der Waals surface area (Å²) in [4.78, 5) is 23.0. The van der Waals surface area contributed by atoms with Crippen LogP contribution in [0, 0.1) is 12.3 Å². The van der Waals surface area contributed by atoms with E-state index in [2.05, 4.69) is 5.32 Å². The number of aryl methyl sites for hydroxylation is 2. The number of rotatable bonds is 5. The van der Waals surface area contributed by atoms with Gasteiger partial charge in [0.15, 0.2) is 0 Å². The lowest BCUT2D eigenvalue weighted by atomic mass is 9.86. The first-order valence-corrected chi connectivity index (χ1v) is 6.78. The normalized spacial score (nSPS) is 12.8. The molecule has 4 heteroatoms. The van der Waals surface area contributed by atoms with Gasteiger partial charge in [-0.25, -0.2) is 4.79 Å². The smallest absolute Gasteiger partial charge is 0.326 e. The minimum atomic E-state index is -0.999. The van der Waals surface area contributed by atoms with E-state index in [4.69, 9.17) is 5.11 Å². The number of amides is 1. The Hall–Kier alpha value is -1.84. The van der Waals surface area contributed by atoms with Crippen molar-refractivity contribution >= 4 is 11.9 Å². The van der Waals surface area contributed by atoms with Crippen LogP contribution in [0.3, 0.4) is 0 Å². The third kappa shape index (κ3) is 5.03. The van der Waals surface area contributed by atoms with E-state index in [1.807, 2.05) is 31.2 Å². The van der Waals surface area contributed by atoms with Gasteiger partial charge in [-0.15, -0.1) is 0 Å². The number of hydrogen-bond donors (Lipinski definition) is 2. The Bertz CT molecular complexity index is 471. The van der Waals surface area contributed by atoms with Gasteiger partial charge < -0.3 is 10.4 Å². The van der Waals surface area contributed by atoms with Crippen LogP contribution in [0.2, 0.25) is 0 Å². The van der Waals surface area contributed by atoms with Gasteiger partial charge >= 0.3 is 5.97 Å². The molecule has 1 amide bonds. The van der Waals surface area contributed by atoms with Crippen LogP contribution in [-0.4, -0.2) is 23.0 Å². The molecule has 0 fully saturated rings. The topological polar surface area (TPSA) is 66.4 Å². The summed E-state index contributed by atoms with van der Waals surface area (Å²) in [5.74, 6) is -1.23. The molecule has 2 N–H and O–H groups in total. The van der Waals surface area contributed by atoms with E-state index in [0.29, 0.717) is 12.8 Å². The first-order chi connectivity index (χ1) is 9.20. The van der Waals surface area contributed by atoms with Crippen molar-refractivity contribution in [1.29, 1.82) is 0 Å². The molecular formula is C16H23NO3. The molecule has 1 aromatic carbocycles. The zero-order chi connectivity index (χ0) is 15.3. The highest BCUT2D eigenvalue weighted by atomic mass is 16.4. The summed E-state index contributed by atoms with van der Waals surface area (Å²) in [6.07, 6.45) is 0.908. The van der Waals surface area contributed by atoms with Gasteiger partial charge in [-0.2, -0.15) is 0 Å². The van der Waals surface area contributed by atoms with Crippen LogP contribution in [-0.2, 0) is 16.0 Å². The van der Waals surface area contributed by atoms with E-state index in [0.717, 1.165) is 5.56 Å². The molecule has 0 aromatic heterocycles. The molecule has 1 rings (SSSR count). The Morgan fingerprint density at radius 1 is 1.20 bits per heavy atom. The number of carboxylic acids is 1. The summed E-state index contributed by atoms with van der Waals surface area (Å²) in [6, 6.07) is 7.11. The molecule has 110 valence electrons. The van der Waals surface area contributed by atoms with E-state index in [1.54, 1.807) is 20.8 Å². The number of carbonyl (C=O) groups is 2. The van der Waals surface area contributed by atoms with Crippen LogP contribution in [0.4, 0.5) is 0 Å². The van der Waals surface area contributed by atoms with Crippen LogP contribution in [0.15, 0.2) is 24.3 Å². The van der Waals surface area contributed by atoms with Crippen LogP contribution in [0.5, 0.6) is 0 Å². The fourth-order valence-corrected chi connectivity index (χ4v) is 1.89. The zero-order valence-corrected chi connectivity index (χ0v) is 12.6. The Balaban J connectivity index is 2.54. The largest absolute Gasteiger partial charge is 0.480 e. The molecule has 0 saturated carbocycles. The number of carbonyl (C=O) groups excluding carboxylic acids is 1. The lowest BCUT2D eigenvalue weighted by Crippen LogP contribution is -2.49. The summed E-state index contributed by atoms with van der Waals surface area (Å²) in [7, 11) is 0. The van der Waals surface area contributed by atoms with Crippen molar-refractivity contribution in [1.82, 2.24) is 5.32 Å². The maximum absolute atomic E-state index is 11.9. The lowest BCUT2D eigenvalue weighted by molar-refractivity contribution is -0.144. The molecule has 1 aromatic rings. The maximum atomic E-state index is 11.9.